The lowest BCUT2D eigenvalue weighted by Gasteiger charge is -2.16. The van der Waals surface area contributed by atoms with Crippen molar-refractivity contribution >= 4 is 10.9 Å². The second-order valence-electron chi connectivity index (χ2n) is 8.96. The van der Waals surface area contributed by atoms with Crippen molar-refractivity contribution in [3.63, 3.8) is 0 Å². The zero-order chi connectivity index (χ0) is 23.8. The van der Waals surface area contributed by atoms with E-state index in [4.69, 9.17) is 15.1 Å². The molecule has 176 valence electrons. The summed E-state index contributed by atoms with van der Waals surface area (Å²) in [5, 5.41) is 17.2. The number of nitrogens with one attached hydrogen (secondary N) is 2. The third-order valence-electron chi connectivity index (χ3n) is 6.51. The summed E-state index contributed by atoms with van der Waals surface area (Å²) >= 11 is 0. The molecule has 8 nitrogen and oxygen atoms in total. The van der Waals surface area contributed by atoms with E-state index in [1.807, 2.05) is 49.2 Å². The minimum Gasteiger partial charge on any atom is -0.318 e. The van der Waals surface area contributed by atoms with E-state index in [-0.39, 0.29) is 0 Å². The largest absolute Gasteiger partial charge is 0.318 e. The van der Waals surface area contributed by atoms with E-state index in [0.29, 0.717) is 0 Å². The van der Waals surface area contributed by atoms with E-state index in [1.165, 1.54) is 5.69 Å². The summed E-state index contributed by atoms with van der Waals surface area (Å²) in [5.74, 6) is 0. The van der Waals surface area contributed by atoms with E-state index < -0.39 is 0 Å². The van der Waals surface area contributed by atoms with Gasteiger partial charge in [-0.25, -0.2) is 0 Å². The molecule has 0 atom stereocenters. The van der Waals surface area contributed by atoms with E-state index in [0.717, 1.165) is 83.0 Å². The van der Waals surface area contributed by atoms with Crippen LogP contribution in [-0.4, -0.2) is 49.7 Å². The predicted octanol–water partition coefficient (Wildman–Crippen LogP) is 3.65. The van der Waals surface area contributed by atoms with Gasteiger partial charge in [-0.05, 0) is 49.9 Å². The Hall–Kier alpha value is -3.88. The van der Waals surface area contributed by atoms with Crippen molar-refractivity contribution in [3.05, 3.63) is 72.4 Å². The highest BCUT2D eigenvalue weighted by Gasteiger charge is 2.23. The number of aryl methyl sites for hydroxylation is 1. The molecule has 0 amide bonds. The van der Waals surface area contributed by atoms with Gasteiger partial charge in [0, 0.05) is 59.8 Å². The third-order valence-corrected chi connectivity index (χ3v) is 6.51. The number of rotatable bonds is 6. The van der Waals surface area contributed by atoms with E-state index in [9.17, 15) is 0 Å². The van der Waals surface area contributed by atoms with Crippen LogP contribution in [0.4, 0.5) is 0 Å². The van der Waals surface area contributed by atoms with Gasteiger partial charge < -0.3 is 10.6 Å². The number of fused-ring (bicyclic) bond motifs is 2. The number of nitrogens with zero attached hydrogens (tertiary/aromatic N) is 6. The lowest BCUT2D eigenvalue weighted by molar-refractivity contribution is 0.477. The molecule has 2 N–H and O–H groups in total. The molecule has 0 bridgehead atoms. The quantitative estimate of drug-likeness (QED) is 0.399. The maximum Gasteiger partial charge on any atom is 0.119 e. The van der Waals surface area contributed by atoms with Crippen molar-refractivity contribution in [1.29, 1.82) is 0 Å². The Kier molecular flexibility index (Phi) is 5.60. The topological polar surface area (TPSA) is 85.5 Å². The summed E-state index contributed by atoms with van der Waals surface area (Å²) in [6, 6.07) is 14.8. The SMILES string of the molecule is CNCCn1cc(-c2cnc3ccc(-c4c(-c5cccc(C)n5)nn5c4CNCC5)cc3c2)cn1. The molecular formula is C27H28N8. The fourth-order valence-corrected chi connectivity index (χ4v) is 4.72. The minimum atomic E-state index is 0.788. The number of aromatic nitrogens is 6. The normalized spacial score (nSPS) is 13.3. The summed E-state index contributed by atoms with van der Waals surface area (Å²) in [7, 11) is 1.95. The van der Waals surface area contributed by atoms with Crippen LogP contribution in [0.25, 0.3) is 44.5 Å². The molecule has 35 heavy (non-hydrogen) atoms. The molecule has 5 aromatic rings. The van der Waals surface area contributed by atoms with E-state index >= 15 is 0 Å². The first-order chi connectivity index (χ1) is 17.2. The molecule has 0 fully saturated rings. The first-order valence-corrected chi connectivity index (χ1v) is 12.0. The summed E-state index contributed by atoms with van der Waals surface area (Å²) in [6.45, 7) is 6.29. The van der Waals surface area contributed by atoms with Gasteiger partial charge >= 0.3 is 0 Å². The second-order valence-corrected chi connectivity index (χ2v) is 8.96. The van der Waals surface area contributed by atoms with Gasteiger partial charge in [-0.1, -0.05) is 12.1 Å². The number of hydrogen-bond donors (Lipinski definition) is 2. The fourth-order valence-electron chi connectivity index (χ4n) is 4.72. The van der Waals surface area contributed by atoms with E-state index in [2.05, 4.69) is 50.9 Å². The number of likely N-dealkylation sites (N-methyl/N-ethyl adjacent to an activating group) is 1. The van der Waals surface area contributed by atoms with Crippen LogP contribution < -0.4 is 10.6 Å². The van der Waals surface area contributed by atoms with Crippen molar-refractivity contribution < 1.29 is 0 Å². The third kappa shape index (κ3) is 4.11. The lowest BCUT2D eigenvalue weighted by Crippen LogP contribution is -2.28. The van der Waals surface area contributed by atoms with Crippen LogP contribution >= 0.6 is 0 Å². The van der Waals surface area contributed by atoms with Gasteiger partial charge in [0.15, 0.2) is 0 Å². The van der Waals surface area contributed by atoms with Gasteiger partial charge in [0.25, 0.3) is 0 Å². The van der Waals surface area contributed by atoms with Gasteiger partial charge in [0.1, 0.15) is 5.69 Å². The van der Waals surface area contributed by atoms with Crippen molar-refractivity contribution in [2.45, 2.75) is 26.6 Å². The van der Waals surface area contributed by atoms with Gasteiger partial charge in [-0.15, -0.1) is 0 Å². The molecule has 5 heterocycles. The monoisotopic (exact) mass is 464 g/mol. The number of hydrogen-bond acceptors (Lipinski definition) is 6. The van der Waals surface area contributed by atoms with Gasteiger partial charge in [-0.3, -0.25) is 19.3 Å². The van der Waals surface area contributed by atoms with Crippen LogP contribution in [0.5, 0.6) is 0 Å². The molecule has 1 aliphatic heterocycles. The summed E-state index contributed by atoms with van der Waals surface area (Å²) < 4.78 is 4.09. The average molecular weight is 465 g/mol. The zero-order valence-corrected chi connectivity index (χ0v) is 20.0. The van der Waals surface area contributed by atoms with Crippen LogP contribution in [0.3, 0.4) is 0 Å². The molecule has 4 aromatic heterocycles. The first kappa shape index (κ1) is 21.6. The Bertz CT molecular complexity index is 1510. The second kappa shape index (κ2) is 9.05. The number of pyridine rings is 2. The van der Waals surface area contributed by atoms with Gasteiger partial charge in [-0.2, -0.15) is 10.2 Å². The molecule has 8 heteroatoms. The Morgan fingerprint density at radius 2 is 1.97 bits per heavy atom. The Balaban J connectivity index is 1.45. The lowest BCUT2D eigenvalue weighted by atomic mass is 9.98. The fraction of sp³-hybridized carbons (Fsp3) is 0.259. The van der Waals surface area contributed by atoms with Crippen molar-refractivity contribution in [3.8, 4) is 33.6 Å². The summed E-state index contributed by atoms with van der Waals surface area (Å²) in [4.78, 5) is 9.53. The smallest absolute Gasteiger partial charge is 0.119 e. The summed E-state index contributed by atoms with van der Waals surface area (Å²) in [6.07, 6.45) is 5.91. The maximum atomic E-state index is 4.99. The molecule has 0 saturated heterocycles. The average Bonchev–Trinajstić information content (AvgIpc) is 3.52. The molecule has 0 aliphatic carbocycles. The highest BCUT2D eigenvalue weighted by atomic mass is 15.3. The minimum absolute atomic E-state index is 0.788. The molecule has 1 aliphatic rings. The van der Waals surface area contributed by atoms with Crippen LogP contribution in [0.15, 0.2) is 61.1 Å². The number of benzene rings is 1. The van der Waals surface area contributed by atoms with Crippen LogP contribution in [0.1, 0.15) is 11.4 Å². The predicted molar refractivity (Wildman–Crippen MR) is 138 cm³/mol. The molecule has 1 aromatic carbocycles. The van der Waals surface area contributed by atoms with E-state index in [1.54, 1.807) is 0 Å². The Labute approximate surface area is 204 Å². The zero-order valence-electron chi connectivity index (χ0n) is 20.0. The highest BCUT2D eigenvalue weighted by Crippen LogP contribution is 2.36. The van der Waals surface area contributed by atoms with Crippen LogP contribution in [-0.2, 0) is 19.6 Å². The van der Waals surface area contributed by atoms with Crippen molar-refractivity contribution in [1.82, 2.24) is 40.2 Å². The molecular weight excluding hydrogens is 436 g/mol. The summed E-state index contributed by atoms with van der Waals surface area (Å²) in [5.41, 5.74) is 9.39. The molecule has 0 unspecified atom stereocenters. The molecule has 0 radical (unpaired) electrons. The van der Waals surface area contributed by atoms with Crippen molar-refractivity contribution in [2.75, 3.05) is 20.1 Å². The maximum absolute atomic E-state index is 4.99. The Morgan fingerprint density at radius 3 is 2.86 bits per heavy atom. The molecule has 0 saturated carbocycles. The standard InChI is InChI=1S/C27H28N8/c1-18-4-3-5-24(32-18)27-26(25-16-29-9-11-35(25)33-27)19-6-7-23-20(12-19)13-21(14-30-23)22-15-31-34(17-22)10-8-28-2/h3-7,12-15,17,28-29H,8-11,16H2,1-2H3. The molecule has 6 rings (SSSR count). The van der Waals surface area contributed by atoms with Crippen molar-refractivity contribution in [2.24, 2.45) is 0 Å². The first-order valence-electron chi connectivity index (χ1n) is 12.0. The highest BCUT2D eigenvalue weighted by molar-refractivity contribution is 5.91. The Morgan fingerprint density at radius 1 is 1.06 bits per heavy atom. The molecule has 0 spiro atoms. The van der Waals surface area contributed by atoms with Crippen LogP contribution in [0.2, 0.25) is 0 Å². The van der Waals surface area contributed by atoms with Crippen LogP contribution in [0, 0.1) is 6.92 Å². The van der Waals surface area contributed by atoms with Gasteiger partial charge in [0.05, 0.1) is 36.2 Å². The van der Waals surface area contributed by atoms with Gasteiger partial charge in [0.2, 0.25) is 0 Å².